The lowest BCUT2D eigenvalue weighted by atomic mass is 9.58. The molecule has 2 fully saturated rings. The van der Waals surface area contributed by atoms with E-state index in [9.17, 15) is 9.90 Å². The molecular formula is C23H28N2O2. The molecule has 1 heterocycles. The maximum atomic E-state index is 12.7. The summed E-state index contributed by atoms with van der Waals surface area (Å²) in [4.78, 5) is 15.1. The predicted octanol–water partition coefficient (Wildman–Crippen LogP) is 3.56. The van der Waals surface area contributed by atoms with Crippen molar-refractivity contribution in [1.82, 2.24) is 10.2 Å². The van der Waals surface area contributed by atoms with Crippen LogP contribution in [-0.4, -0.2) is 42.1 Å². The van der Waals surface area contributed by atoms with Gasteiger partial charge in [-0.2, -0.15) is 0 Å². The van der Waals surface area contributed by atoms with Gasteiger partial charge in [-0.25, -0.2) is 0 Å². The summed E-state index contributed by atoms with van der Waals surface area (Å²) in [5, 5.41) is 13.3. The lowest BCUT2D eigenvalue weighted by Gasteiger charge is -2.52. The highest BCUT2D eigenvalue weighted by atomic mass is 16.3. The Hall–Kier alpha value is -2.33. The van der Waals surface area contributed by atoms with Gasteiger partial charge in [0.25, 0.3) is 5.91 Å². The van der Waals surface area contributed by atoms with Crippen molar-refractivity contribution in [2.45, 2.75) is 37.1 Å². The van der Waals surface area contributed by atoms with Crippen molar-refractivity contribution >= 4 is 5.91 Å². The van der Waals surface area contributed by atoms with Crippen LogP contribution in [0.15, 0.2) is 54.6 Å². The molecule has 2 aliphatic rings. The van der Waals surface area contributed by atoms with E-state index in [4.69, 9.17) is 0 Å². The number of rotatable bonds is 3. The van der Waals surface area contributed by atoms with Gasteiger partial charge in [-0.15, -0.1) is 0 Å². The molecule has 1 aliphatic heterocycles. The maximum absolute atomic E-state index is 12.7. The molecule has 27 heavy (non-hydrogen) atoms. The highest BCUT2D eigenvalue weighted by molar-refractivity contribution is 5.94. The van der Waals surface area contributed by atoms with Crippen LogP contribution in [0, 0.1) is 5.92 Å². The number of phenols is 1. The number of piperidine rings is 1. The van der Waals surface area contributed by atoms with Crippen LogP contribution < -0.4 is 5.32 Å². The lowest BCUT2D eigenvalue weighted by Crippen LogP contribution is -2.55. The number of carbonyl (C=O) groups excluding carboxylic acids is 1. The van der Waals surface area contributed by atoms with E-state index in [0.29, 0.717) is 11.7 Å². The lowest BCUT2D eigenvalue weighted by molar-refractivity contribution is 0.0533. The number of amides is 1. The van der Waals surface area contributed by atoms with Gasteiger partial charge in [-0.3, -0.25) is 4.79 Å². The van der Waals surface area contributed by atoms with Gasteiger partial charge in [0, 0.05) is 23.6 Å². The van der Waals surface area contributed by atoms with E-state index in [2.05, 4.69) is 23.3 Å². The minimum Gasteiger partial charge on any atom is -0.508 e. The summed E-state index contributed by atoms with van der Waals surface area (Å²) >= 11 is 0. The molecule has 0 bridgehead atoms. The first-order valence-corrected chi connectivity index (χ1v) is 9.91. The smallest absolute Gasteiger partial charge is 0.251 e. The van der Waals surface area contributed by atoms with Crippen molar-refractivity contribution in [3.63, 3.8) is 0 Å². The summed E-state index contributed by atoms with van der Waals surface area (Å²) in [5.41, 5.74) is 1.96. The number of nitrogens with zero attached hydrogens (tertiary/aromatic N) is 1. The summed E-state index contributed by atoms with van der Waals surface area (Å²) in [6.45, 7) is 2.13. The Morgan fingerprint density at radius 3 is 2.74 bits per heavy atom. The molecule has 2 aromatic carbocycles. The fourth-order valence-electron chi connectivity index (χ4n) is 5.11. The molecule has 4 heteroatoms. The summed E-state index contributed by atoms with van der Waals surface area (Å²) in [6.07, 6.45) is 4.11. The first-order valence-electron chi connectivity index (χ1n) is 9.91. The number of fused-ring (bicyclic) bond motifs is 1. The molecule has 4 rings (SSSR count). The van der Waals surface area contributed by atoms with Gasteiger partial charge in [0.1, 0.15) is 5.75 Å². The average Bonchev–Trinajstić information content (AvgIpc) is 2.69. The number of likely N-dealkylation sites (tertiary alicyclic amines) is 1. The second kappa shape index (κ2) is 7.35. The first-order chi connectivity index (χ1) is 13.1. The maximum Gasteiger partial charge on any atom is 0.251 e. The highest BCUT2D eigenvalue weighted by Gasteiger charge is 2.47. The van der Waals surface area contributed by atoms with E-state index < -0.39 is 0 Å². The number of carbonyl (C=O) groups is 1. The molecular weight excluding hydrogens is 336 g/mol. The summed E-state index contributed by atoms with van der Waals surface area (Å²) < 4.78 is 0. The van der Waals surface area contributed by atoms with E-state index in [1.54, 1.807) is 6.07 Å². The topological polar surface area (TPSA) is 52.6 Å². The van der Waals surface area contributed by atoms with Gasteiger partial charge in [0.2, 0.25) is 0 Å². The van der Waals surface area contributed by atoms with E-state index in [1.807, 2.05) is 42.5 Å². The molecule has 2 aromatic rings. The molecule has 2 N–H and O–H groups in total. The van der Waals surface area contributed by atoms with Crippen molar-refractivity contribution in [3.05, 3.63) is 65.7 Å². The molecule has 1 aliphatic carbocycles. The summed E-state index contributed by atoms with van der Waals surface area (Å²) in [7, 11) is 2.19. The van der Waals surface area contributed by atoms with Gasteiger partial charge in [0.15, 0.2) is 0 Å². The predicted molar refractivity (Wildman–Crippen MR) is 107 cm³/mol. The summed E-state index contributed by atoms with van der Waals surface area (Å²) in [6, 6.07) is 17.4. The molecule has 0 aromatic heterocycles. The monoisotopic (exact) mass is 364 g/mol. The van der Waals surface area contributed by atoms with E-state index in [1.165, 1.54) is 5.56 Å². The number of phenolic OH excluding ortho intramolecular Hbond substituents is 1. The van der Waals surface area contributed by atoms with Crippen molar-refractivity contribution in [2.75, 3.05) is 20.1 Å². The molecule has 3 atom stereocenters. The van der Waals surface area contributed by atoms with Crippen molar-refractivity contribution in [2.24, 2.45) is 5.92 Å². The second-order valence-electron chi connectivity index (χ2n) is 8.23. The number of hydrogen-bond acceptors (Lipinski definition) is 3. The van der Waals surface area contributed by atoms with Gasteiger partial charge in [0.05, 0.1) is 0 Å². The fourth-order valence-corrected chi connectivity index (χ4v) is 5.11. The van der Waals surface area contributed by atoms with Crippen LogP contribution in [0.3, 0.4) is 0 Å². The minimum atomic E-state index is 0.0121. The molecule has 2 unspecified atom stereocenters. The molecule has 1 saturated heterocycles. The fraction of sp³-hybridized carbons (Fsp3) is 0.435. The number of benzene rings is 2. The van der Waals surface area contributed by atoms with Crippen molar-refractivity contribution in [1.29, 1.82) is 0 Å². The quantitative estimate of drug-likeness (QED) is 0.875. The Morgan fingerprint density at radius 2 is 1.96 bits per heavy atom. The number of aromatic hydroxyl groups is 1. The largest absolute Gasteiger partial charge is 0.508 e. The minimum absolute atomic E-state index is 0.0121. The molecule has 4 nitrogen and oxygen atoms in total. The average molecular weight is 364 g/mol. The third-order valence-electron chi connectivity index (χ3n) is 6.52. The molecule has 0 spiro atoms. The van der Waals surface area contributed by atoms with E-state index >= 15 is 0 Å². The first kappa shape index (κ1) is 18.1. The second-order valence-corrected chi connectivity index (χ2v) is 8.23. The Bertz CT molecular complexity index is 807. The van der Waals surface area contributed by atoms with Crippen LogP contribution in [-0.2, 0) is 5.41 Å². The van der Waals surface area contributed by atoms with Crippen LogP contribution in [0.2, 0.25) is 0 Å². The molecule has 0 radical (unpaired) electrons. The molecule has 142 valence electrons. The number of hydrogen-bond donors (Lipinski definition) is 2. The normalized spacial score (nSPS) is 28.3. The number of nitrogens with one attached hydrogen (secondary N) is 1. The van der Waals surface area contributed by atoms with Crippen LogP contribution in [0.25, 0.3) is 0 Å². The van der Waals surface area contributed by atoms with Crippen LogP contribution >= 0.6 is 0 Å². The van der Waals surface area contributed by atoms with Gasteiger partial charge >= 0.3 is 0 Å². The molecule has 1 amide bonds. The van der Waals surface area contributed by atoms with Gasteiger partial charge in [-0.05, 0) is 75.0 Å². The summed E-state index contributed by atoms with van der Waals surface area (Å²) in [5.74, 6) is 0.899. The Morgan fingerprint density at radius 1 is 1.15 bits per heavy atom. The van der Waals surface area contributed by atoms with Crippen molar-refractivity contribution < 1.29 is 9.90 Å². The molecule has 1 saturated carbocycles. The van der Waals surface area contributed by atoms with Crippen LogP contribution in [0.4, 0.5) is 0 Å². The van der Waals surface area contributed by atoms with E-state index in [-0.39, 0.29) is 17.4 Å². The zero-order valence-electron chi connectivity index (χ0n) is 15.9. The Kier molecular flexibility index (Phi) is 4.92. The van der Waals surface area contributed by atoms with Crippen molar-refractivity contribution in [3.8, 4) is 5.75 Å². The Balaban J connectivity index is 1.59. The van der Waals surface area contributed by atoms with Crippen LogP contribution in [0.1, 0.15) is 41.6 Å². The Labute approximate surface area is 161 Å². The SMILES string of the molecule is CN1CCC2(c3cccc(O)c3)C[C@H](NC(=O)c3ccccc3)CCC2C1. The third kappa shape index (κ3) is 3.59. The van der Waals surface area contributed by atoms with Gasteiger partial charge in [-0.1, -0.05) is 30.3 Å². The van der Waals surface area contributed by atoms with E-state index in [0.717, 1.165) is 44.3 Å². The van der Waals surface area contributed by atoms with Crippen LogP contribution in [0.5, 0.6) is 5.75 Å². The third-order valence-corrected chi connectivity index (χ3v) is 6.52. The highest BCUT2D eigenvalue weighted by Crippen LogP contribution is 2.49. The zero-order valence-corrected chi connectivity index (χ0v) is 15.9. The van der Waals surface area contributed by atoms with Gasteiger partial charge < -0.3 is 15.3 Å². The zero-order chi connectivity index (χ0) is 18.9. The standard InChI is InChI=1S/C23H28N2O2/c1-25-13-12-23(18-8-5-9-21(26)14-18)15-20(11-10-19(23)16-25)24-22(27)17-6-3-2-4-7-17/h2-9,14,19-20,26H,10-13,15-16H2,1H3,(H,24,27)/t19?,20-,23?/m1/s1.